The molecule has 0 spiro atoms. The molecule has 26 heavy (non-hydrogen) atoms. The molecule has 0 aliphatic rings. The van der Waals surface area contributed by atoms with Crippen LogP contribution in [0.5, 0.6) is 0 Å². The third-order valence-electron chi connectivity index (χ3n) is 4.26. The number of anilines is 1. The van der Waals surface area contributed by atoms with Crippen molar-refractivity contribution in [3.8, 4) is 0 Å². The van der Waals surface area contributed by atoms with Gasteiger partial charge >= 0.3 is 0 Å². The van der Waals surface area contributed by atoms with Crippen molar-refractivity contribution in [2.75, 3.05) is 19.4 Å². The molecule has 1 aromatic heterocycles. The Labute approximate surface area is 154 Å². The van der Waals surface area contributed by atoms with Crippen LogP contribution in [0.3, 0.4) is 0 Å². The molecular weight excluding hydrogens is 322 g/mol. The Hall–Kier alpha value is -2.98. The summed E-state index contributed by atoms with van der Waals surface area (Å²) in [5, 5.41) is 3.02. The Balaban J connectivity index is 1.68. The van der Waals surface area contributed by atoms with E-state index in [1.807, 2.05) is 85.7 Å². The van der Waals surface area contributed by atoms with E-state index >= 15 is 0 Å². The third-order valence-corrected chi connectivity index (χ3v) is 4.26. The number of benzene rings is 2. The minimum absolute atomic E-state index is 0.0388. The average Bonchev–Trinajstić information content (AvgIpc) is 2.65. The molecule has 0 bridgehead atoms. The van der Waals surface area contributed by atoms with E-state index < -0.39 is 0 Å². The van der Waals surface area contributed by atoms with Gasteiger partial charge in [0, 0.05) is 18.1 Å². The number of pyridine rings is 1. The number of amides is 1. The molecular formula is C22H23N3O. The molecule has 0 fully saturated rings. The molecule has 2 aromatic carbocycles. The van der Waals surface area contributed by atoms with E-state index in [-0.39, 0.29) is 11.9 Å². The fraction of sp³-hybridized carbons (Fsp3) is 0.182. The Bertz CT molecular complexity index is 830. The second-order valence-corrected chi connectivity index (χ2v) is 6.50. The summed E-state index contributed by atoms with van der Waals surface area (Å²) in [6.45, 7) is 0. The minimum atomic E-state index is -0.326. The van der Waals surface area contributed by atoms with Gasteiger partial charge < -0.3 is 5.32 Å². The van der Waals surface area contributed by atoms with Crippen molar-refractivity contribution in [1.82, 2.24) is 9.88 Å². The van der Waals surface area contributed by atoms with Crippen LogP contribution in [0, 0.1) is 0 Å². The van der Waals surface area contributed by atoms with Crippen LogP contribution < -0.4 is 5.32 Å². The Morgan fingerprint density at radius 2 is 1.54 bits per heavy atom. The standard InChI is InChI=1S/C22H23N3O/c1-25(2)21(19-6-4-3-5-7-19)22(26)24-20-10-8-17(9-11-20)16-18-12-14-23-15-13-18/h3-15,21H,16H2,1-2H3,(H,24,26). The molecule has 0 aliphatic heterocycles. The monoisotopic (exact) mass is 345 g/mol. The summed E-state index contributed by atoms with van der Waals surface area (Å²) >= 11 is 0. The van der Waals surface area contributed by atoms with Crippen LogP contribution in [0.2, 0.25) is 0 Å². The topological polar surface area (TPSA) is 45.2 Å². The first-order chi connectivity index (χ1) is 12.6. The van der Waals surface area contributed by atoms with E-state index in [0.29, 0.717) is 0 Å². The number of carbonyl (C=O) groups excluding carboxylic acids is 1. The molecule has 1 amide bonds. The lowest BCUT2D eigenvalue weighted by molar-refractivity contribution is -0.120. The van der Waals surface area contributed by atoms with Crippen molar-refractivity contribution < 1.29 is 4.79 Å². The fourth-order valence-electron chi connectivity index (χ4n) is 2.97. The smallest absolute Gasteiger partial charge is 0.246 e. The van der Waals surface area contributed by atoms with E-state index in [4.69, 9.17) is 0 Å². The normalized spacial score (nSPS) is 12.0. The molecule has 132 valence electrons. The number of aromatic nitrogens is 1. The highest BCUT2D eigenvalue weighted by molar-refractivity contribution is 5.95. The van der Waals surface area contributed by atoms with Crippen LogP contribution >= 0.6 is 0 Å². The molecule has 3 aromatic rings. The van der Waals surface area contributed by atoms with Crippen molar-refractivity contribution in [3.05, 3.63) is 95.8 Å². The number of likely N-dealkylation sites (N-methyl/N-ethyl adjacent to an activating group) is 1. The van der Waals surface area contributed by atoms with Gasteiger partial charge in [-0.25, -0.2) is 0 Å². The highest BCUT2D eigenvalue weighted by Crippen LogP contribution is 2.21. The van der Waals surface area contributed by atoms with Gasteiger partial charge in [0.2, 0.25) is 5.91 Å². The summed E-state index contributed by atoms with van der Waals surface area (Å²) in [6.07, 6.45) is 4.45. The van der Waals surface area contributed by atoms with Crippen LogP contribution in [0.1, 0.15) is 22.7 Å². The highest BCUT2D eigenvalue weighted by atomic mass is 16.2. The van der Waals surface area contributed by atoms with Crippen LogP contribution in [-0.2, 0) is 11.2 Å². The van der Waals surface area contributed by atoms with E-state index in [1.165, 1.54) is 11.1 Å². The van der Waals surface area contributed by atoms with Gasteiger partial charge in [0.25, 0.3) is 0 Å². The van der Waals surface area contributed by atoms with Crippen molar-refractivity contribution in [2.45, 2.75) is 12.5 Å². The molecule has 0 aliphatic carbocycles. The molecule has 1 heterocycles. The highest BCUT2D eigenvalue weighted by Gasteiger charge is 2.22. The van der Waals surface area contributed by atoms with Gasteiger partial charge in [0.05, 0.1) is 0 Å². The van der Waals surface area contributed by atoms with E-state index in [2.05, 4.69) is 10.3 Å². The zero-order chi connectivity index (χ0) is 18.4. The molecule has 3 rings (SSSR count). The SMILES string of the molecule is CN(C)C(C(=O)Nc1ccc(Cc2ccncc2)cc1)c1ccccc1. The lowest BCUT2D eigenvalue weighted by Gasteiger charge is -2.23. The second-order valence-electron chi connectivity index (χ2n) is 6.50. The first-order valence-electron chi connectivity index (χ1n) is 8.63. The van der Waals surface area contributed by atoms with Gasteiger partial charge in [0.15, 0.2) is 0 Å². The number of hydrogen-bond acceptors (Lipinski definition) is 3. The summed E-state index contributed by atoms with van der Waals surface area (Å²) in [7, 11) is 3.82. The second kappa shape index (κ2) is 8.41. The van der Waals surface area contributed by atoms with Crippen molar-refractivity contribution >= 4 is 11.6 Å². The summed E-state index contributed by atoms with van der Waals surface area (Å²) in [6, 6.07) is 21.5. The molecule has 1 atom stereocenters. The Kier molecular flexibility index (Phi) is 5.77. The lowest BCUT2D eigenvalue weighted by atomic mass is 10.0. The van der Waals surface area contributed by atoms with Crippen LogP contribution in [0.15, 0.2) is 79.1 Å². The number of rotatable bonds is 6. The van der Waals surface area contributed by atoms with Crippen molar-refractivity contribution in [3.63, 3.8) is 0 Å². The molecule has 4 heteroatoms. The number of hydrogen-bond donors (Lipinski definition) is 1. The van der Waals surface area contributed by atoms with Gasteiger partial charge in [-0.1, -0.05) is 42.5 Å². The number of carbonyl (C=O) groups is 1. The van der Waals surface area contributed by atoms with Crippen molar-refractivity contribution in [1.29, 1.82) is 0 Å². The maximum atomic E-state index is 12.8. The van der Waals surface area contributed by atoms with Crippen LogP contribution in [-0.4, -0.2) is 29.9 Å². The van der Waals surface area contributed by atoms with Crippen LogP contribution in [0.25, 0.3) is 0 Å². The van der Waals surface area contributed by atoms with Crippen molar-refractivity contribution in [2.24, 2.45) is 0 Å². The predicted octanol–water partition coefficient (Wildman–Crippen LogP) is 3.91. The molecule has 0 saturated carbocycles. The van der Waals surface area contributed by atoms with Gasteiger partial charge in [0.1, 0.15) is 6.04 Å². The average molecular weight is 345 g/mol. The largest absolute Gasteiger partial charge is 0.324 e. The zero-order valence-corrected chi connectivity index (χ0v) is 15.1. The first kappa shape index (κ1) is 17.8. The molecule has 1 N–H and O–H groups in total. The predicted molar refractivity (Wildman–Crippen MR) is 105 cm³/mol. The lowest BCUT2D eigenvalue weighted by Crippen LogP contribution is -2.32. The quantitative estimate of drug-likeness (QED) is 0.737. The molecule has 0 radical (unpaired) electrons. The zero-order valence-electron chi connectivity index (χ0n) is 15.1. The Morgan fingerprint density at radius 3 is 2.15 bits per heavy atom. The molecule has 4 nitrogen and oxygen atoms in total. The third kappa shape index (κ3) is 4.55. The Morgan fingerprint density at radius 1 is 0.923 bits per heavy atom. The van der Waals surface area contributed by atoms with Gasteiger partial charge in [-0.05, 0) is 61.5 Å². The van der Waals surface area contributed by atoms with E-state index in [0.717, 1.165) is 17.7 Å². The minimum Gasteiger partial charge on any atom is -0.324 e. The summed E-state index contributed by atoms with van der Waals surface area (Å²) in [4.78, 5) is 18.7. The maximum Gasteiger partial charge on any atom is 0.246 e. The van der Waals surface area contributed by atoms with Gasteiger partial charge in [-0.15, -0.1) is 0 Å². The maximum absolute atomic E-state index is 12.8. The summed E-state index contributed by atoms with van der Waals surface area (Å²) in [5.41, 5.74) is 4.19. The fourth-order valence-corrected chi connectivity index (χ4v) is 2.97. The summed E-state index contributed by atoms with van der Waals surface area (Å²) in [5.74, 6) is -0.0388. The summed E-state index contributed by atoms with van der Waals surface area (Å²) < 4.78 is 0. The molecule has 0 saturated heterocycles. The number of nitrogens with zero attached hydrogens (tertiary/aromatic N) is 2. The van der Waals surface area contributed by atoms with Gasteiger partial charge in [-0.3, -0.25) is 14.7 Å². The van der Waals surface area contributed by atoms with E-state index in [9.17, 15) is 4.79 Å². The number of nitrogens with one attached hydrogen (secondary N) is 1. The van der Waals surface area contributed by atoms with E-state index in [1.54, 1.807) is 12.4 Å². The van der Waals surface area contributed by atoms with Gasteiger partial charge in [-0.2, -0.15) is 0 Å². The van der Waals surface area contributed by atoms with Crippen LogP contribution in [0.4, 0.5) is 5.69 Å². The first-order valence-corrected chi connectivity index (χ1v) is 8.63. The molecule has 1 unspecified atom stereocenters.